The van der Waals surface area contributed by atoms with Gasteiger partial charge in [0.15, 0.2) is 0 Å². The van der Waals surface area contributed by atoms with Crippen molar-refractivity contribution in [2.75, 3.05) is 20.2 Å². The van der Waals surface area contributed by atoms with Gasteiger partial charge < -0.3 is 10.1 Å². The van der Waals surface area contributed by atoms with E-state index in [4.69, 9.17) is 4.74 Å². The average molecular weight is 314 g/mol. The molecule has 0 spiro atoms. The number of carbonyl (C=O) groups excluding carboxylic acids is 1. The van der Waals surface area contributed by atoms with E-state index in [-0.39, 0.29) is 29.8 Å². The molecular weight excluding hydrogens is 292 g/mol. The first-order chi connectivity index (χ1) is 9.77. The first kappa shape index (κ1) is 17.5. The highest BCUT2D eigenvalue weighted by Crippen LogP contribution is 2.27. The molecule has 0 unspecified atom stereocenters. The Labute approximate surface area is 125 Å². The SMILES string of the molecule is COc1ccc(C(C)C)cc1S(=O)(=O)NCCNC(C)=O. The molecule has 0 fully saturated rings. The molecule has 1 amide bonds. The van der Waals surface area contributed by atoms with Crippen LogP contribution in [0.3, 0.4) is 0 Å². The van der Waals surface area contributed by atoms with Crippen LogP contribution in [-0.4, -0.2) is 34.5 Å². The Morgan fingerprint density at radius 1 is 1.29 bits per heavy atom. The number of amides is 1. The van der Waals surface area contributed by atoms with E-state index >= 15 is 0 Å². The molecule has 2 N–H and O–H groups in total. The fourth-order valence-corrected chi connectivity index (χ4v) is 3.00. The molecule has 0 saturated carbocycles. The lowest BCUT2D eigenvalue weighted by molar-refractivity contribution is -0.118. The summed E-state index contributed by atoms with van der Waals surface area (Å²) in [7, 11) is -2.25. The van der Waals surface area contributed by atoms with Crippen LogP contribution in [-0.2, 0) is 14.8 Å². The van der Waals surface area contributed by atoms with Gasteiger partial charge in [-0.1, -0.05) is 19.9 Å². The summed E-state index contributed by atoms with van der Waals surface area (Å²) >= 11 is 0. The second-order valence-corrected chi connectivity index (χ2v) is 6.68. The maximum Gasteiger partial charge on any atom is 0.244 e. The van der Waals surface area contributed by atoms with Gasteiger partial charge in [-0.15, -0.1) is 0 Å². The Morgan fingerprint density at radius 3 is 2.48 bits per heavy atom. The fourth-order valence-electron chi connectivity index (χ4n) is 1.76. The van der Waals surface area contributed by atoms with Crippen molar-refractivity contribution in [3.8, 4) is 5.75 Å². The summed E-state index contributed by atoms with van der Waals surface area (Å²) in [6, 6.07) is 5.11. The zero-order chi connectivity index (χ0) is 16.0. The normalized spacial score (nSPS) is 11.5. The summed E-state index contributed by atoms with van der Waals surface area (Å²) < 4.78 is 32.2. The number of methoxy groups -OCH3 is 1. The van der Waals surface area contributed by atoms with Crippen LogP contribution in [0.4, 0.5) is 0 Å². The molecule has 118 valence electrons. The summed E-state index contributed by atoms with van der Waals surface area (Å²) in [5.41, 5.74) is 0.915. The summed E-state index contributed by atoms with van der Waals surface area (Å²) in [5.74, 6) is 0.309. The van der Waals surface area contributed by atoms with Crippen molar-refractivity contribution in [2.24, 2.45) is 0 Å². The minimum Gasteiger partial charge on any atom is -0.495 e. The van der Waals surface area contributed by atoms with Gasteiger partial charge >= 0.3 is 0 Å². The molecule has 0 aliphatic rings. The number of hydrogen-bond acceptors (Lipinski definition) is 4. The molecule has 0 aliphatic carbocycles. The van der Waals surface area contributed by atoms with Crippen LogP contribution in [0.25, 0.3) is 0 Å². The van der Waals surface area contributed by atoms with Crippen molar-refractivity contribution in [2.45, 2.75) is 31.6 Å². The van der Waals surface area contributed by atoms with E-state index in [2.05, 4.69) is 10.0 Å². The maximum atomic E-state index is 12.3. The summed E-state index contributed by atoms with van der Waals surface area (Å²) in [6.45, 7) is 5.71. The van der Waals surface area contributed by atoms with Gasteiger partial charge in [-0.2, -0.15) is 0 Å². The number of ether oxygens (including phenoxy) is 1. The molecule has 0 aliphatic heterocycles. The number of nitrogens with one attached hydrogen (secondary N) is 2. The lowest BCUT2D eigenvalue weighted by Crippen LogP contribution is -2.33. The smallest absolute Gasteiger partial charge is 0.244 e. The van der Waals surface area contributed by atoms with Gasteiger partial charge in [0.2, 0.25) is 15.9 Å². The highest BCUT2D eigenvalue weighted by atomic mass is 32.2. The third kappa shape index (κ3) is 5.02. The number of rotatable bonds is 7. The quantitative estimate of drug-likeness (QED) is 0.742. The van der Waals surface area contributed by atoms with E-state index in [0.29, 0.717) is 5.75 Å². The van der Waals surface area contributed by atoms with Gasteiger partial charge in [-0.05, 0) is 23.6 Å². The molecule has 0 heterocycles. The minimum absolute atomic E-state index is 0.110. The predicted octanol–water partition coefficient (Wildman–Crippen LogP) is 1.23. The van der Waals surface area contributed by atoms with Crippen LogP contribution < -0.4 is 14.8 Å². The van der Waals surface area contributed by atoms with Crippen LogP contribution in [0.15, 0.2) is 23.1 Å². The lowest BCUT2D eigenvalue weighted by Gasteiger charge is -2.14. The van der Waals surface area contributed by atoms with Crippen molar-refractivity contribution < 1.29 is 17.9 Å². The standard InChI is InChI=1S/C14H22N2O4S/c1-10(2)12-5-6-13(20-4)14(9-12)21(18,19)16-8-7-15-11(3)17/h5-6,9-10,16H,7-8H2,1-4H3,(H,15,17). The molecule has 0 saturated heterocycles. The van der Waals surface area contributed by atoms with E-state index in [9.17, 15) is 13.2 Å². The molecule has 6 nitrogen and oxygen atoms in total. The molecule has 1 aromatic rings. The minimum atomic E-state index is -3.68. The topological polar surface area (TPSA) is 84.5 Å². The summed E-state index contributed by atoms with van der Waals surface area (Å²) in [5, 5.41) is 2.53. The summed E-state index contributed by atoms with van der Waals surface area (Å²) in [4.78, 5) is 10.9. The number of carbonyl (C=O) groups is 1. The second-order valence-electron chi connectivity index (χ2n) is 4.95. The average Bonchev–Trinajstić information content (AvgIpc) is 2.42. The van der Waals surface area contributed by atoms with Crippen molar-refractivity contribution in [1.82, 2.24) is 10.0 Å². The highest BCUT2D eigenvalue weighted by molar-refractivity contribution is 7.89. The van der Waals surface area contributed by atoms with Gasteiger partial charge in [-0.25, -0.2) is 13.1 Å². The van der Waals surface area contributed by atoms with Gasteiger partial charge in [0.25, 0.3) is 0 Å². The van der Waals surface area contributed by atoms with Crippen molar-refractivity contribution >= 4 is 15.9 Å². The van der Waals surface area contributed by atoms with Gasteiger partial charge in [0, 0.05) is 20.0 Å². The number of benzene rings is 1. The van der Waals surface area contributed by atoms with E-state index in [0.717, 1.165) is 5.56 Å². The molecular formula is C14H22N2O4S. The van der Waals surface area contributed by atoms with E-state index in [1.807, 2.05) is 19.9 Å². The van der Waals surface area contributed by atoms with Gasteiger partial charge in [0.05, 0.1) is 7.11 Å². The first-order valence-corrected chi connectivity index (χ1v) is 8.18. The van der Waals surface area contributed by atoms with Crippen LogP contribution in [0.1, 0.15) is 32.3 Å². The maximum absolute atomic E-state index is 12.3. The molecule has 0 bridgehead atoms. The molecule has 0 aromatic heterocycles. The highest BCUT2D eigenvalue weighted by Gasteiger charge is 2.20. The van der Waals surface area contributed by atoms with Crippen molar-refractivity contribution in [3.05, 3.63) is 23.8 Å². The lowest BCUT2D eigenvalue weighted by atomic mass is 10.0. The van der Waals surface area contributed by atoms with Gasteiger partial charge in [-0.3, -0.25) is 4.79 Å². The molecule has 0 atom stereocenters. The Balaban J connectivity index is 2.95. The molecule has 0 radical (unpaired) electrons. The predicted molar refractivity (Wildman–Crippen MR) is 81.0 cm³/mol. The Kier molecular flexibility index (Phi) is 6.17. The molecule has 21 heavy (non-hydrogen) atoms. The van der Waals surface area contributed by atoms with E-state index in [1.54, 1.807) is 12.1 Å². The molecule has 7 heteroatoms. The monoisotopic (exact) mass is 314 g/mol. The van der Waals surface area contributed by atoms with Crippen molar-refractivity contribution in [3.63, 3.8) is 0 Å². The van der Waals surface area contributed by atoms with E-state index in [1.165, 1.54) is 14.0 Å². The summed E-state index contributed by atoms with van der Waals surface area (Å²) in [6.07, 6.45) is 0. The third-order valence-electron chi connectivity index (χ3n) is 2.93. The zero-order valence-electron chi connectivity index (χ0n) is 12.8. The Morgan fingerprint density at radius 2 is 1.95 bits per heavy atom. The number of sulfonamides is 1. The number of hydrogen-bond donors (Lipinski definition) is 2. The zero-order valence-corrected chi connectivity index (χ0v) is 13.6. The Bertz CT molecular complexity index is 597. The van der Waals surface area contributed by atoms with Crippen molar-refractivity contribution in [1.29, 1.82) is 0 Å². The Hall–Kier alpha value is -1.60. The van der Waals surface area contributed by atoms with E-state index < -0.39 is 10.0 Å². The van der Waals surface area contributed by atoms with Crippen LogP contribution in [0.2, 0.25) is 0 Å². The molecule has 1 aromatic carbocycles. The first-order valence-electron chi connectivity index (χ1n) is 6.70. The van der Waals surface area contributed by atoms with Crippen LogP contribution in [0.5, 0.6) is 5.75 Å². The van der Waals surface area contributed by atoms with Gasteiger partial charge in [0.1, 0.15) is 10.6 Å². The second kappa shape index (κ2) is 7.42. The third-order valence-corrected chi connectivity index (χ3v) is 4.42. The largest absolute Gasteiger partial charge is 0.495 e. The van der Waals surface area contributed by atoms with Crippen LogP contribution >= 0.6 is 0 Å². The molecule has 1 rings (SSSR count). The van der Waals surface area contributed by atoms with Crippen LogP contribution in [0, 0.1) is 0 Å². The fraction of sp³-hybridized carbons (Fsp3) is 0.500.